The number of nitrogens with zero attached hydrogens (tertiary/aromatic N) is 3. The van der Waals surface area contributed by atoms with Gasteiger partial charge in [-0.25, -0.2) is 4.98 Å². The van der Waals surface area contributed by atoms with Crippen LogP contribution in [0, 0.1) is 5.92 Å². The number of nitrogens with one attached hydrogen (secondary N) is 1. The van der Waals surface area contributed by atoms with Gasteiger partial charge in [-0.3, -0.25) is 14.2 Å². The van der Waals surface area contributed by atoms with Gasteiger partial charge in [0.25, 0.3) is 5.56 Å². The zero-order chi connectivity index (χ0) is 21.5. The Labute approximate surface area is 180 Å². The third-order valence-electron chi connectivity index (χ3n) is 6.08. The Morgan fingerprint density at radius 1 is 1.10 bits per heavy atom. The fraction of sp³-hybridized carbons (Fsp3) is 0.320. The molecule has 5 rings (SSSR count). The van der Waals surface area contributed by atoms with Crippen molar-refractivity contribution >= 4 is 27.7 Å². The normalized spacial score (nSPS) is 12.9. The summed E-state index contributed by atoms with van der Waals surface area (Å²) in [5.41, 5.74) is 3.71. The molecule has 6 heteroatoms. The van der Waals surface area contributed by atoms with E-state index >= 15 is 0 Å². The van der Waals surface area contributed by atoms with E-state index in [-0.39, 0.29) is 18.0 Å². The molecule has 4 aromatic rings. The fourth-order valence-electron chi connectivity index (χ4n) is 4.53. The van der Waals surface area contributed by atoms with Crippen LogP contribution in [0.2, 0.25) is 0 Å². The van der Waals surface area contributed by atoms with Gasteiger partial charge < -0.3 is 9.88 Å². The molecule has 31 heavy (non-hydrogen) atoms. The average molecular weight is 415 g/mol. The second kappa shape index (κ2) is 7.69. The number of carbonyl (C=O) groups is 1. The van der Waals surface area contributed by atoms with Gasteiger partial charge in [-0.15, -0.1) is 0 Å². The number of hydrogen-bond acceptors (Lipinski definition) is 3. The summed E-state index contributed by atoms with van der Waals surface area (Å²) in [6, 6.07) is 15.6. The maximum absolute atomic E-state index is 13.2. The van der Waals surface area contributed by atoms with Crippen molar-refractivity contribution in [2.75, 3.05) is 6.54 Å². The van der Waals surface area contributed by atoms with Crippen molar-refractivity contribution in [1.82, 2.24) is 19.4 Å². The molecule has 3 heterocycles. The van der Waals surface area contributed by atoms with Gasteiger partial charge >= 0.3 is 0 Å². The van der Waals surface area contributed by atoms with E-state index in [0.29, 0.717) is 35.7 Å². The van der Waals surface area contributed by atoms with Gasteiger partial charge in [-0.05, 0) is 42.5 Å². The Morgan fingerprint density at radius 2 is 1.84 bits per heavy atom. The summed E-state index contributed by atoms with van der Waals surface area (Å²) in [5.74, 6) is 1.16. The van der Waals surface area contributed by atoms with Crippen LogP contribution in [0.4, 0.5) is 0 Å². The van der Waals surface area contributed by atoms with Crippen molar-refractivity contribution in [3.8, 4) is 11.5 Å². The quantitative estimate of drug-likeness (QED) is 0.541. The Morgan fingerprint density at radius 3 is 2.65 bits per heavy atom. The van der Waals surface area contributed by atoms with Crippen LogP contribution < -0.4 is 10.9 Å². The van der Waals surface area contributed by atoms with E-state index in [1.54, 1.807) is 4.57 Å². The Hall–Kier alpha value is -3.41. The number of aryl methyl sites for hydroxylation is 1. The predicted octanol–water partition coefficient (Wildman–Crippen LogP) is 3.74. The molecule has 0 aliphatic carbocycles. The van der Waals surface area contributed by atoms with Crippen molar-refractivity contribution in [2.24, 2.45) is 5.92 Å². The molecule has 1 aliphatic rings. The SMILES string of the molecule is CC(C)CCNC(=O)Cn1c2c(c3ccccc31)CCn1c-2nc2ccccc2c1=O. The minimum absolute atomic E-state index is 0.0236. The van der Waals surface area contributed by atoms with Crippen LogP contribution in [0.1, 0.15) is 25.8 Å². The average Bonchev–Trinajstić information content (AvgIpc) is 3.08. The lowest BCUT2D eigenvalue weighted by atomic mass is 10.0. The molecule has 6 nitrogen and oxygen atoms in total. The summed E-state index contributed by atoms with van der Waals surface area (Å²) in [7, 11) is 0. The molecule has 2 aromatic heterocycles. The summed E-state index contributed by atoms with van der Waals surface area (Å²) >= 11 is 0. The van der Waals surface area contributed by atoms with Gasteiger partial charge in [-0.2, -0.15) is 0 Å². The molecule has 0 radical (unpaired) electrons. The monoisotopic (exact) mass is 414 g/mol. The lowest BCUT2D eigenvalue weighted by Crippen LogP contribution is -2.31. The van der Waals surface area contributed by atoms with Gasteiger partial charge in [-0.1, -0.05) is 44.2 Å². The van der Waals surface area contributed by atoms with Crippen molar-refractivity contribution in [1.29, 1.82) is 0 Å². The molecule has 1 N–H and O–H groups in total. The largest absolute Gasteiger partial charge is 0.355 e. The first-order valence-corrected chi connectivity index (χ1v) is 10.9. The van der Waals surface area contributed by atoms with Gasteiger partial charge in [0.05, 0.1) is 16.6 Å². The minimum Gasteiger partial charge on any atom is -0.355 e. The van der Waals surface area contributed by atoms with E-state index in [4.69, 9.17) is 4.98 Å². The van der Waals surface area contributed by atoms with E-state index in [9.17, 15) is 9.59 Å². The Balaban J connectivity index is 1.66. The van der Waals surface area contributed by atoms with Crippen LogP contribution in [0.15, 0.2) is 53.3 Å². The topological polar surface area (TPSA) is 68.9 Å². The second-order valence-electron chi connectivity index (χ2n) is 8.62. The highest BCUT2D eigenvalue weighted by Gasteiger charge is 2.27. The summed E-state index contributed by atoms with van der Waals surface area (Å²) in [6.45, 7) is 5.75. The number of benzene rings is 2. The molecule has 0 atom stereocenters. The van der Waals surface area contributed by atoms with Crippen molar-refractivity contribution < 1.29 is 4.79 Å². The predicted molar refractivity (Wildman–Crippen MR) is 123 cm³/mol. The molecule has 0 spiro atoms. The fourth-order valence-corrected chi connectivity index (χ4v) is 4.53. The number of fused-ring (bicyclic) bond motifs is 6. The standard InChI is InChI=1S/C25H26N4O2/c1-16(2)11-13-26-22(30)15-29-21-10-6-4-7-17(21)18-12-14-28-24(23(18)29)27-20-9-5-3-8-19(20)25(28)31/h3-10,16H,11-15H2,1-2H3,(H,26,30). The van der Waals surface area contributed by atoms with Crippen LogP contribution in [0.3, 0.4) is 0 Å². The number of para-hydroxylation sites is 2. The first-order valence-electron chi connectivity index (χ1n) is 10.9. The lowest BCUT2D eigenvalue weighted by Gasteiger charge is -2.21. The Bertz CT molecular complexity index is 1360. The molecule has 0 saturated carbocycles. The summed E-state index contributed by atoms with van der Waals surface area (Å²) in [4.78, 5) is 30.8. The highest BCUT2D eigenvalue weighted by molar-refractivity contribution is 5.93. The van der Waals surface area contributed by atoms with E-state index in [1.165, 1.54) is 0 Å². The molecular weight excluding hydrogens is 388 g/mol. The number of hydrogen-bond donors (Lipinski definition) is 1. The molecule has 0 bridgehead atoms. The third-order valence-corrected chi connectivity index (χ3v) is 6.08. The number of carbonyl (C=O) groups excluding carboxylic acids is 1. The zero-order valence-corrected chi connectivity index (χ0v) is 17.9. The summed E-state index contributed by atoms with van der Waals surface area (Å²) < 4.78 is 3.79. The van der Waals surface area contributed by atoms with Crippen molar-refractivity contribution in [3.05, 3.63) is 64.4 Å². The van der Waals surface area contributed by atoms with Crippen molar-refractivity contribution in [3.63, 3.8) is 0 Å². The minimum atomic E-state index is -0.0237. The molecule has 1 aliphatic heterocycles. The van der Waals surface area contributed by atoms with Crippen LogP contribution in [0.5, 0.6) is 0 Å². The van der Waals surface area contributed by atoms with Gasteiger partial charge in [0.15, 0.2) is 5.82 Å². The molecule has 1 amide bonds. The first kappa shape index (κ1) is 19.5. The number of rotatable bonds is 5. The van der Waals surface area contributed by atoms with Crippen LogP contribution >= 0.6 is 0 Å². The molecular formula is C25H26N4O2. The highest BCUT2D eigenvalue weighted by Crippen LogP contribution is 2.36. The first-order chi connectivity index (χ1) is 15.0. The third kappa shape index (κ3) is 3.32. The van der Waals surface area contributed by atoms with Gasteiger partial charge in [0, 0.05) is 24.0 Å². The zero-order valence-electron chi connectivity index (χ0n) is 17.9. The van der Waals surface area contributed by atoms with E-state index in [2.05, 4.69) is 25.2 Å². The highest BCUT2D eigenvalue weighted by atomic mass is 16.2. The van der Waals surface area contributed by atoms with Crippen LogP contribution in [0.25, 0.3) is 33.3 Å². The van der Waals surface area contributed by atoms with Crippen LogP contribution in [-0.4, -0.2) is 26.6 Å². The molecule has 0 unspecified atom stereocenters. The van der Waals surface area contributed by atoms with Gasteiger partial charge in [0.2, 0.25) is 5.91 Å². The maximum Gasteiger partial charge on any atom is 0.261 e. The van der Waals surface area contributed by atoms with E-state index in [0.717, 1.165) is 35.0 Å². The summed E-state index contributed by atoms with van der Waals surface area (Å²) in [5, 5.41) is 4.79. The Kier molecular flexibility index (Phi) is 4.85. The second-order valence-corrected chi connectivity index (χ2v) is 8.62. The lowest BCUT2D eigenvalue weighted by molar-refractivity contribution is -0.121. The number of amides is 1. The van der Waals surface area contributed by atoms with Gasteiger partial charge in [0.1, 0.15) is 6.54 Å². The summed E-state index contributed by atoms with van der Waals surface area (Å²) in [6.07, 6.45) is 1.69. The van der Waals surface area contributed by atoms with Crippen LogP contribution in [-0.2, 0) is 24.3 Å². The molecule has 2 aromatic carbocycles. The molecule has 0 saturated heterocycles. The van der Waals surface area contributed by atoms with Crippen molar-refractivity contribution in [2.45, 2.75) is 39.8 Å². The molecule has 158 valence electrons. The van der Waals surface area contributed by atoms with E-state index in [1.807, 2.05) is 47.0 Å². The molecule has 0 fully saturated rings. The van der Waals surface area contributed by atoms with E-state index < -0.39 is 0 Å². The smallest absolute Gasteiger partial charge is 0.261 e. The maximum atomic E-state index is 13.2. The number of aromatic nitrogens is 3.